The SMILES string of the molecule is COCC1O[C@@H](OC)C(OC)[C@H](OC)[C@H]1O[C@@H]1OC(C)[C@H](N[C@H]2C(OC)[C@H](OC)[C@@H](CO)C(O)(COC)C2N)[C@@H](OC)C1OC.COCC1O[C@@H](OC)C(OC)[C@H](OC)[C@H]1O[C@@H]1OC(C)[C@H](N[C@H]2C(OC)[C@H](OC)[C@@H](CO)C(O)(COC)C2N=[N+]=[N-])[C@@H](OC)C1OC. The molecule has 34 nitrogen and oxygen atoms in total. The van der Waals surface area contributed by atoms with Crippen LogP contribution in [0.3, 0.4) is 0 Å². The zero-order valence-electron chi connectivity index (χ0n) is 57.1. The van der Waals surface area contributed by atoms with Gasteiger partial charge in [-0.15, -0.1) is 0 Å². The largest absolute Gasteiger partial charge is 0.396 e. The Labute approximate surface area is 540 Å². The van der Waals surface area contributed by atoms with Gasteiger partial charge in [0.05, 0.1) is 100 Å². The summed E-state index contributed by atoms with van der Waals surface area (Å²) < 4.78 is 141. The topological polar surface area (TPSA) is 401 Å². The summed E-state index contributed by atoms with van der Waals surface area (Å²) in [4.78, 5) is 3.03. The number of nitrogens with zero attached hydrogens (tertiary/aromatic N) is 3. The molecule has 6 aliphatic rings. The number of rotatable bonds is 33. The molecule has 0 aromatic heterocycles. The Kier molecular flexibility index (Phi) is 33.7. The Morgan fingerprint density at radius 3 is 1.05 bits per heavy atom. The van der Waals surface area contributed by atoms with E-state index in [-0.39, 0.29) is 33.0 Å². The Morgan fingerprint density at radius 2 is 0.728 bits per heavy atom. The lowest BCUT2D eigenvalue weighted by Crippen LogP contribution is -2.79. The van der Waals surface area contributed by atoms with Crippen molar-refractivity contribution in [2.24, 2.45) is 22.7 Å². The minimum atomic E-state index is -1.83. The molecule has 4 aliphatic heterocycles. The number of aliphatic hydroxyl groups is 4. The molecule has 0 bridgehead atoms. The van der Waals surface area contributed by atoms with Gasteiger partial charge in [-0.3, -0.25) is 0 Å². The first kappa shape index (κ1) is 80.7. The third-order valence-electron chi connectivity index (χ3n) is 19.1. The van der Waals surface area contributed by atoms with E-state index in [1.54, 1.807) is 42.7 Å². The summed E-state index contributed by atoms with van der Waals surface area (Å²) in [5.41, 5.74) is 12.9. The highest BCUT2D eigenvalue weighted by molar-refractivity contribution is 5.17. The first-order valence-electron chi connectivity index (χ1n) is 30.5. The van der Waals surface area contributed by atoms with Gasteiger partial charge in [-0.1, -0.05) is 5.11 Å². The molecule has 0 spiro atoms. The van der Waals surface area contributed by atoms with Crippen molar-refractivity contribution in [1.82, 2.24) is 10.6 Å². The standard InChI is InChI=1S/C29H54N4O14.C29H56N2O14/c1-14-17(31-18-22(40-6)19(38-4)15(11-34)29(35,13-37-3)26(18)32-33-30)21(39-5)24(42-8)28(45-14)47-20-16(12-36-2)46-27(44-10)25(43-9)23(20)41-7;1-14-17(31-18-22(38-6)19(36-4)15(11-32)29(33,13-35-3)26(18)30)21(37-5)24(40-8)28(43-14)45-20-16(12-34-2)44-27(42-10)25(41-9)23(20)39-7/h14-28,31,34-35H,11-13H2,1-10H3;14-28,31-33H,11-13,30H2,1-10H3/t2*14?,15-,16?,17+,18+,19-,20+,21-,22?,23-,24?,25?,26?,27-,28+,29?/m11/s1. The molecule has 8 N–H and O–H groups in total. The average Bonchev–Trinajstić information content (AvgIpc) is 0.760. The molecule has 540 valence electrons. The number of hydrogen-bond acceptors (Lipinski definition) is 32. The summed E-state index contributed by atoms with van der Waals surface area (Å²) in [6, 6.07) is -4.81. The maximum atomic E-state index is 12.0. The first-order chi connectivity index (χ1) is 44.2. The van der Waals surface area contributed by atoms with Gasteiger partial charge in [0.2, 0.25) is 0 Å². The van der Waals surface area contributed by atoms with Crippen LogP contribution in [0.2, 0.25) is 0 Å². The van der Waals surface area contributed by atoms with Gasteiger partial charge >= 0.3 is 0 Å². The van der Waals surface area contributed by atoms with Crippen molar-refractivity contribution in [1.29, 1.82) is 0 Å². The van der Waals surface area contributed by atoms with Gasteiger partial charge < -0.3 is 150 Å². The van der Waals surface area contributed by atoms with E-state index in [0.717, 1.165) is 0 Å². The van der Waals surface area contributed by atoms with Gasteiger partial charge in [0, 0.05) is 151 Å². The molecular formula is C58H110N6O28. The number of azide groups is 1. The minimum absolute atomic E-state index is 0.131. The quantitative estimate of drug-likeness (QED) is 0.0197. The highest BCUT2D eigenvalue weighted by Gasteiger charge is 2.63. The van der Waals surface area contributed by atoms with E-state index in [0.29, 0.717) is 0 Å². The molecule has 6 fully saturated rings. The molecule has 6 rings (SSSR count). The Hall–Kier alpha value is -1.93. The number of hydrogen-bond donors (Lipinski definition) is 7. The van der Waals surface area contributed by atoms with Crippen molar-refractivity contribution >= 4 is 0 Å². The second-order valence-electron chi connectivity index (χ2n) is 23.5. The molecule has 0 amide bonds. The fourth-order valence-corrected chi connectivity index (χ4v) is 14.6. The number of nitrogens with one attached hydrogen (secondary N) is 2. The maximum absolute atomic E-state index is 12.0. The van der Waals surface area contributed by atoms with E-state index >= 15 is 0 Å². The molecule has 2 aliphatic carbocycles. The summed E-state index contributed by atoms with van der Waals surface area (Å²) in [6.45, 7) is 2.79. The lowest BCUT2D eigenvalue weighted by Gasteiger charge is -2.55. The van der Waals surface area contributed by atoms with Crippen molar-refractivity contribution in [3.05, 3.63) is 10.4 Å². The van der Waals surface area contributed by atoms with Gasteiger partial charge in [0.25, 0.3) is 0 Å². The molecule has 32 atom stereocenters. The molecule has 0 aromatic carbocycles. The fraction of sp³-hybridized carbons (Fsp3) is 1.00. The smallest absolute Gasteiger partial charge is 0.187 e. The summed E-state index contributed by atoms with van der Waals surface area (Å²) in [5, 5.41) is 55.3. The lowest BCUT2D eigenvalue weighted by atomic mass is 9.67. The highest BCUT2D eigenvalue weighted by atomic mass is 16.8. The van der Waals surface area contributed by atoms with E-state index in [1.165, 1.54) is 85.3 Å². The first-order valence-corrected chi connectivity index (χ1v) is 30.5. The highest BCUT2D eigenvalue weighted by Crippen LogP contribution is 2.43. The van der Waals surface area contributed by atoms with Crippen LogP contribution in [-0.2, 0) is 114 Å². The van der Waals surface area contributed by atoms with Gasteiger partial charge in [-0.05, 0) is 19.4 Å². The van der Waals surface area contributed by atoms with Gasteiger partial charge in [-0.2, -0.15) is 0 Å². The van der Waals surface area contributed by atoms with Crippen LogP contribution in [0, 0.1) is 11.8 Å². The molecule has 0 radical (unpaired) electrons. The van der Waals surface area contributed by atoms with Crippen molar-refractivity contribution in [2.45, 2.75) is 196 Å². The van der Waals surface area contributed by atoms with Crippen LogP contribution in [0.5, 0.6) is 0 Å². The number of nitrogens with two attached hydrogens (primary N) is 1. The molecule has 0 aromatic rings. The second kappa shape index (κ2) is 38.4. The Morgan fingerprint density at radius 1 is 0.402 bits per heavy atom. The zero-order valence-corrected chi connectivity index (χ0v) is 57.1. The predicted molar refractivity (Wildman–Crippen MR) is 320 cm³/mol. The molecule has 14 unspecified atom stereocenters. The van der Waals surface area contributed by atoms with Crippen molar-refractivity contribution < 1.29 is 134 Å². The van der Waals surface area contributed by atoms with Crippen LogP contribution in [0.25, 0.3) is 10.4 Å². The molecule has 34 heteroatoms. The molecule has 92 heavy (non-hydrogen) atoms. The Balaban J connectivity index is 0.000000334. The average molecular weight is 1340 g/mol. The van der Waals surface area contributed by atoms with Crippen molar-refractivity contribution in [3.8, 4) is 0 Å². The third-order valence-corrected chi connectivity index (χ3v) is 19.1. The van der Waals surface area contributed by atoms with E-state index in [2.05, 4.69) is 20.7 Å². The van der Waals surface area contributed by atoms with E-state index in [9.17, 15) is 26.0 Å². The zero-order chi connectivity index (χ0) is 68.4. The van der Waals surface area contributed by atoms with Crippen LogP contribution >= 0.6 is 0 Å². The van der Waals surface area contributed by atoms with Crippen LogP contribution < -0.4 is 16.4 Å². The summed E-state index contributed by atoms with van der Waals surface area (Å²) in [5.74, 6) is -1.68. The van der Waals surface area contributed by atoms with E-state index in [1.807, 2.05) is 13.8 Å². The van der Waals surface area contributed by atoms with Crippen LogP contribution in [0.15, 0.2) is 5.11 Å². The number of aliphatic hydroxyl groups excluding tert-OH is 2. The predicted octanol–water partition coefficient (Wildman–Crippen LogP) is -2.89. The number of ether oxygens (including phenoxy) is 24. The van der Waals surface area contributed by atoms with Crippen LogP contribution in [0.4, 0.5) is 0 Å². The number of methoxy groups -OCH3 is 18. The van der Waals surface area contributed by atoms with Gasteiger partial charge in [-0.25, -0.2) is 0 Å². The van der Waals surface area contributed by atoms with Gasteiger partial charge in [0.1, 0.15) is 90.6 Å². The molecule has 4 saturated heterocycles. The third kappa shape index (κ3) is 16.8. The Bertz CT molecular complexity index is 2130. The van der Waals surface area contributed by atoms with Crippen molar-refractivity contribution in [2.75, 3.05) is 168 Å². The van der Waals surface area contributed by atoms with Crippen molar-refractivity contribution in [3.63, 3.8) is 0 Å². The second-order valence-corrected chi connectivity index (χ2v) is 23.5. The fourth-order valence-electron chi connectivity index (χ4n) is 14.6. The summed E-state index contributed by atoms with van der Waals surface area (Å²) in [7, 11) is 27.3. The maximum Gasteiger partial charge on any atom is 0.187 e. The minimum Gasteiger partial charge on any atom is -0.396 e. The molecule has 2 saturated carbocycles. The summed E-state index contributed by atoms with van der Waals surface area (Å²) in [6.07, 6.45) is -15.5. The lowest BCUT2D eigenvalue weighted by molar-refractivity contribution is -0.355. The van der Waals surface area contributed by atoms with E-state index < -0.39 is 201 Å². The molecule has 4 heterocycles. The normalized spacial score (nSPS) is 45.1. The van der Waals surface area contributed by atoms with E-state index in [4.69, 9.17) is 119 Å². The summed E-state index contributed by atoms with van der Waals surface area (Å²) >= 11 is 0. The van der Waals surface area contributed by atoms with Crippen LogP contribution in [0.1, 0.15) is 13.8 Å². The molecular weight excluding hydrogens is 1230 g/mol. The monoisotopic (exact) mass is 1340 g/mol. The van der Waals surface area contributed by atoms with Gasteiger partial charge in [0.15, 0.2) is 25.2 Å². The van der Waals surface area contributed by atoms with Crippen LogP contribution in [-0.4, -0.2) is 371 Å².